The second-order valence-electron chi connectivity index (χ2n) is 4.61. The second kappa shape index (κ2) is 4.31. The number of hydrogen-bond acceptors (Lipinski definition) is 2. The molecule has 0 aliphatic heterocycles. The van der Waals surface area contributed by atoms with Crippen LogP contribution >= 0.6 is 0 Å². The van der Waals surface area contributed by atoms with Gasteiger partial charge in [0, 0.05) is 25.1 Å². The number of carbonyl (C=O) groups is 1. The van der Waals surface area contributed by atoms with Crippen molar-refractivity contribution < 1.29 is 13.6 Å². The lowest BCUT2D eigenvalue weighted by Gasteiger charge is -2.15. The average molecular weight is 254 g/mol. The number of halogens is 2. The minimum Gasteiger partial charge on any atom is -0.352 e. The van der Waals surface area contributed by atoms with E-state index in [0.717, 1.165) is 0 Å². The first-order valence-electron chi connectivity index (χ1n) is 5.93. The summed E-state index contributed by atoms with van der Waals surface area (Å²) in [6.45, 7) is 2.19. The molecule has 3 nitrogen and oxygen atoms in total. The highest BCUT2D eigenvalue weighted by molar-refractivity contribution is 5.94. The molecule has 98 valence electrons. The highest BCUT2D eigenvalue weighted by atomic mass is 19.3. The number of alkyl halides is 2. The van der Waals surface area contributed by atoms with Crippen molar-refractivity contribution >= 4 is 5.91 Å². The number of nitrogens with two attached hydrogens (primary N) is 1. The quantitative estimate of drug-likeness (QED) is 0.858. The first-order valence-corrected chi connectivity index (χ1v) is 5.93. The molecule has 18 heavy (non-hydrogen) atoms. The van der Waals surface area contributed by atoms with Gasteiger partial charge in [-0.3, -0.25) is 4.79 Å². The van der Waals surface area contributed by atoms with Crippen molar-refractivity contribution in [3.05, 3.63) is 35.4 Å². The Labute approximate surface area is 104 Å². The van der Waals surface area contributed by atoms with Crippen LogP contribution in [0, 0.1) is 0 Å². The van der Waals surface area contributed by atoms with Gasteiger partial charge in [0.2, 0.25) is 0 Å². The third kappa shape index (κ3) is 1.88. The van der Waals surface area contributed by atoms with Gasteiger partial charge >= 0.3 is 0 Å². The third-order valence-corrected chi connectivity index (χ3v) is 3.46. The summed E-state index contributed by atoms with van der Waals surface area (Å²) in [5.74, 6) is -3.02. The fourth-order valence-electron chi connectivity index (χ4n) is 2.21. The van der Waals surface area contributed by atoms with Crippen LogP contribution in [0.1, 0.15) is 29.3 Å². The smallest absolute Gasteiger partial charge is 0.260 e. The topological polar surface area (TPSA) is 55.1 Å². The van der Waals surface area contributed by atoms with Crippen LogP contribution < -0.4 is 11.1 Å². The van der Waals surface area contributed by atoms with Crippen LogP contribution in [0.2, 0.25) is 0 Å². The van der Waals surface area contributed by atoms with Crippen LogP contribution in [0.15, 0.2) is 24.3 Å². The number of carbonyl (C=O) groups excluding carboxylic acids is 1. The van der Waals surface area contributed by atoms with Crippen molar-refractivity contribution in [2.45, 2.75) is 24.7 Å². The van der Waals surface area contributed by atoms with Crippen molar-refractivity contribution in [3.8, 4) is 0 Å². The van der Waals surface area contributed by atoms with E-state index < -0.39 is 11.3 Å². The standard InChI is InChI=1S/C13H16F2N2O/c1-2-17-11(18)9-4-3-5-10(6-9)12(8-16)7-13(12,14)15/h3-6H,2,7-8,16H2,1H3,(H,17,18). The zero-order valence-corrected chi connectivity index (χ0v) is 10.2. The SMILES string of the molecule is CCNC(=O)c1cccc(C2(CN)CC2(F)F)c1. The van der Waals surface area contributed by atoms with Crippen LogP contribution in [-0.2, 0) is 5.41 Å². The summed E-state index contributed by atoms with van der Waals surface area (Å²) in [4.78, 5) is 11.7. The van der Waals surface area contributed by atoms with Gasteiger partial charge in [0.25, 0.3) is 11.8 Å². The molecule has 0 bridgehead atoms. The predicted molar refractivity (Wildman–Crippen MR) is 64.7 cm³/mol. The lowest BCUT2D eigenvalue weighted by molar-refractivity contribution is 0.0891. The van der Waals surface area contributed by atoms with E-state index in [1.165, 1.54) is 6.07 Å². The highest BCUT2D eigenvalue weighted by Crippen LogP contribution is 2.60. The van der Waals surface area contributed by atoms with Gasteiger partial charge in [-0.25, -0.2) is 8.78 Å². The van der Waals surface area contributed by atoms with Crippen molar-refractivity contribution in [2.24, 2.45) is 5.73 Å². The van der Waals surface area contributed by atoms with E-state index >= 15 is 0 Å². The zero-order chi connectivity index (χ0) is 13.4. The van der Waals surface area contributed by atoms with E-state index in [2.05, 4.69) is 5.32 Å². The Bertz CT molecular complexity index is 476. The molecule has 1 amide bonds. The summed E-state index contributed by atoms with van der Waals surface area (Å²) in [5, 5.41) is 2.64. The Morgan fingerprint density at radius 1 is 1.50 bits per heavy atom. The van der Waals surface area contributed by atoms with E-state index in [1.54, 1.807) is 25.1 Å². The van der Waals surface area contributed by atoms with E-state index in [9.17, 15) is 13.6 Å². The lowest BCUT2D eigenvalue weighted by Crippen LogP contribution is -2.28. The van der Waals surface area contributed by atoms with Crippen molar-refractivity contribution in [3.63, 3.8) is 0 Å². The molecule has 0 radical (unpaired) electrons. The van der Waals surface area contributed by atoms with Gasteiger partial charge in [0.15, 0.2) is 0 Å². The maximum Gasteiger partial charge on any atom is 0.260 e. The van der Waals surface area contributed by atoms with Crippen LogP contribution in [-0.4, -0.2) is 24.9 Å². The molecule has 0 aromatic heterocycles. The number of nitrogens with one attached hydrogen (secondary N) is 1. The largest absolute Gasteiger partial charge is 0.352 e. The summed E-state index contributed by atoms with van der Waals surface area (Å²) in [5.41, 5.74) is 5.04. The monoisotopic (exact) mass is 254 g/mol. The van der Waals surface area contributed by atoms with E-state index in [0.29, 0.717) is 17.7 Å². The van der Waals surface area contributed by atoms with Crippen molar-refractivity contribution in [1.82, 2.24) is 5.32 Å². The summed E-state index contributed by atoms with van der Waals surface area (Å²) >= 11 is 0. The van der Waals surface area contributed by atoms with Gasteiger partial charge in [-0.15, -0.1) is 0 Å². The first kappa shape index (κ1) is 13.0. The van der Waals surface area contributed by atoms with Gasteiger partial charge in [-0.2, -0.15) is 0 Å². The summed E-state index contributed by atoms with van der Waals surface area (Å²) in [7, 11) is 0. The molecule has 1 aliphatic rings. The van der Waals surface area contributed by atoms with Crippen molar-refractivity contribution in [2.75, 3.05) is 13.1 Å². The molecule has 1 unspecified atom stereocenters. The van der Waals surface area contributed by atoms with E-state index in [1.807, 2.05) is 0 Å². The molecule has 2 rings (SSSR count). The highest BCUT2D eigenvalue weighted by Gasteiger charge is 2.71. The normalized spacial score (nSPS) is 24.7. The van der Waals surface area contributed by atoms with Gasteiger partial charge in [-0.05, 0) is 24.6 Å². The molecule has 0 saturated heterocycles. The molecule has 1 aromatic rings. The molecule has 0 spiro atoms. The molecule has 1 aromatic carbocycles. The average Bonchev–Trinajstić information content (AvgIpc) is 2.93. The Kier molecular flexibility index (Phi) is 3.11. The molecular formula is C13H16F2N2O. The number of amides is 1. The molecule has 3 N–H and O–H groups in total. The molecule has 0 heterocycles. The van der Waals surface area contributed by atoms with Gasteiger partial charge < -0.3 is 11.1 Å². The molecule has 1 fully saturated rings. The summed E-state index contributed by atoms with van der Waals surface area (Å²) < 4.78 is 26.9. The van der Waals surface area contributed by atoms with Gasteiger partial charge in [-0.1, -0.05) is 12.1 Å². The molecular weight excluding hydrogens is 238 g/mol. The van der Waals surface area contributed by atoms with Crippen LogP contribution in [0.4, 0.5) is 8.78 Å². The minimum atomic E-state index is -2.76. The maximum atomic E-state index is 13.4. The Hall–Kier alpha value is -1.49. The van der Waals surface area contributed by atoms with Crippen LogP contribution in [0.3, 0.4) is 0 Å². The van der Waals surface area contributed by atoms with Gasteiger partial charge in [0.1, 0.15) is 0 Å². The second-order valence-corrected chi connectivity index (χ2v) is 4.61. The van der Waals surface area contributed by atoms with Gasteiger partial charge in [0.05, 0.1) is 5.41 Å². The number of rotatable bonds is 4. The zero-order valence-electron chi connectivity index (χ0n) is 10.2. The summed E-state index contributed by atoms with van der Waals surface area (Å²) in [6, 6.07) is 6.35. The Morgan fingerprint density at radius 2 is 2.17 bits per heavy atom. The Morgan fingerprint density at radius 3 is 2.67 bits per heavy atom. The van der Waals surface area contributed by atoms with E-state index in [-0.39, 0.29) is 18.9 Å². The lowest BCUT2D eigenvalue weighted by atomic mass is 9.93. The maximum absolute atomic E-state index is 13.4. The molecule has 1 atom stereocenters. The number of hydrogen-bond donors (Lipinski definition) is 2. The Balaban J connectivity index is 2.31. The molecule has 5 heteroatoms. The van der Waals surface area contributed by atoms with E-state index in [4.69, 9.17) is 5.73 Å². The van der Waals surface area contributed by atoms with Crippen molar-refractivity contribution in [1.29, 1.82) is 0 Å². The fourth-order valence-corrected chi connectivity index (χ4v) is 2.21. The van der Waals surface area contributed by atoms with Crippen LogP contribution in [0.25, 0.3) is 0 Å². The predicted octanol–water partition coefficient (Wildman–Crippen LogP) is 1.67. The van der Waals surface area contributed by atoms with Crippen LogP contribution in [0.5, 0.6) is 0 Å². The minimum absolute atomic E-state index is 0.112. The fraction of sp³-hybridized carbons (Fsp3) is 0.462. The molecule has 1 saturated carbocycles. The molecule has 1 aliphatic carbocycles. The first-order chi connectivity index (χ1) is 8.47. The number of benzene rings is 1. The summed E-state index contributed by atoms with van der Waals surface area (Å²) in [6.07, 6.45) is -0.241. The third-order valence-electron chi connectivity index (χ3n) is 3.46.